The topological polar surface area (TPSA) is 79.6 Å². The van der Waals surface area contributed by atoms with E-state index < -0.39 is 16.1 Å². The minimum atomic E-state index is -3.70. The lowest BCUT2D eigenvalue weighted by atomic mass is 10.3. The summed E-state index contributed by atoms with van der Waals surface area (Å²) in [5.41, 5.74) is 0.575. The van der Waals surface area contributed by atoms with E-state index in [0.717, 1.165) is 8.87 Å². The Balaban J connectivity index is 2.38. The molecule has 2 aromatic rings. The van der Waals surface area contributed by atoms with Crippen LogP contribution in [0.2, 0.25) is 0 Å². The molecule has 0 bridgehead atoms. The van der Waals surface area contributed by atoms with Gasteiger partial charge in [-0.05, 0) is 39.7 Å². The van der Waals surface area contributed by atoms with Crippen LogP contribution in [0.15, 0.2) is 52.1 Å². The zero-order valence-electron chi connectivity index (χ0n) is 11.1. The lowest BCUT2D eigenvalue weighted by Gasteiger charge is -2.11. The van der Waals surface area contributed by atoms with E-state index in [1.54, 1.807) is 24.3 Å². The predicted octanol–water partition coefficient (Wildman–Crippen LogP) is 2.60. The third kappa shape index (κ3) is 3.27. The number of halogens is 1. The summed E-state index contributed by atoms with van der Waals surface area (Å²) in [6, 6.07) is 9.61. The minimum absolute atomic E-state index is 0.102. The quantitative estimate of drug-likeness (QED) is 0.894. The van der Waals surface area contributed by atoms with Crippen LogP contribution in [0.5, 0.6) is 0 Å². The number of carbonyl (C=O) groups is 1. The smallest absolute Gasteiger partial charge is 0.407 e. The molecule has 0 radical (unpaired) electrons. The number of benzene rings is 1. The number of amides is 1. The van der Waals surface area contributed by atoms with Crippen LogP contribution < -0.4 is 0 Å². The van der Waals surface area contributed by atoms with Crippen LogP contribution >= 0.6 is 15.9 Å². The van der Waals surface area contributed by atoms with Crippen LogP contribution in [0.1, 0.15) is 5.56 Å². The van der Waals surface area contributed by atoms with Crippen LogP contribution in [0.4, 0.5) is 4.79 Å². The molecule has 0 spiro atoms. The number of aromatic nitrogens is 1. The molecule has 1 heterocycles. The molecule has 6 nitrogen and oxygen atoms in total. The summed E-state index contributed by atoms with van der Waals surface area (Å²) >= 11 is 3.20. The molecule has 0 fully saturated rings. The Morgan fingerprint density at radius 3 is 2.52 bits per heavy atom. The van der Waals surface area contributed by atoms with Crippen molar-refractivity contribution in [2.24, 2.45) is 0 Å². The molecule has 0 aliphatic heterocycles. The molecule has 1 N–H and O–H groups in total. The number of nitrogens with zero attached hydrogens (tertiary/aromatic N) is 2. The molecule has 112 valence electrons. The van der Waals surface area contributed by atoms with Gasteiger partial charge in [0.15, 0.2) is 0 Å². The van der Waals surface area contributed by atoms with Gasteiger partial charge in [0.2, 0.25) is 0 Å². The molecule has 21 heavy (non-hydrogen) atoms. The van der Waals surface area contributed by atoms with Crippen molar-refractivity contribution in [3.63, 3.8) is 0 Å². The molecule has 1 aromatic carbocycles. The van der Waals surface area contributed by atoms with Gasteiger partial charge in [-0.15, -0.1) is 0 Å². The summed E-state index contributed by atoms with van der Waals surface area (Å²) in [7, 11) is -2.29. The van der Waals surface area contributed by atoms with Gasteiger partial charge in [0.1, 0.15) is 4.60 Å². The van der Waals surface area contributed by atoms with Crippen molar-refractivity contribution >= 4 is 32.0 Å². The fourth-order valence-corrected chi connectivity index (χ4v) is 4.04. The second kappa shape index (κ2) is 5.90. The fraction of sp³-hybridized carbons (Fsp3) is 0.154. The standard InChI is InChI=1S/C13H13BrN2O4S/c1-15(13(17)18)8-10-7-12(14)16(9-10)21(19,20)11-5-3-2-4-6-11/h2-7,9H,8H2,1H3,(H,17,18). The van der Waals surface area contributed by atoms with Crippen molar-refractivity contribution in [1.29, 1.82) is 0 Å². The van der Waals surface area contributed by atoms with Gasteiger partial charge in [-0.1, -0.05) is 18.2 Å². The first-order valence-corrected chi connectivity index (χ1v) is 8.17. The van der Waals surface area contributed by atoms with Crippen molar-refractivity contribution in [3.05, 3.63) is 52.8 Å². The Morgan fingerprint density at radius 1 is 1.33 bits per heavy atom. The highest BCUT2D eigenvalue weighted by atomic mass is 79.9. The molecule has 0 aliphatic rings. The third-order valence-electron chi connectivity index (χ3n) is 2.84. The van der Waals surface area contributed by atoms with Crippen molar-refractivity contribution in [3.8, 4) is 0 Å². The largest absolute Gasteiger partial charge is 0.465 e. The van der Waals surface area contributed by atoms with Crippen LogP contribution in [0.3, 0.4) is 0 Å². The van der Waals surface area contributed by atoms with E-state index in [4.69, 9.17) is 5.11 Å². The Hall–Kier alpha value is -1.80. The summed E-state index contributed by atoms with van der Waals surface area (Å²) < 4.78 is 26.4. The van der Waals surface area contributed by atoms with E-state index in [2.05, 4.69) is 15.9 Å². The molecule has 0 saturated carbocycles. The van der Waals surface area contributed by atoms with Gasteiger partial charge in [-0.3, -0.25) is 0 Å². The lowest BCUT2D eigenvalue weighted by molar-refractivity contribution is 0.154. The van der Waals surface area contributed by atoms with Gasteiger partial charge >= 0.3 is 6.09 Å². The van der Waals surface area contributed by atoms with Crippen LogP contribution in [-0.4, -0.2) is 35.5 Å². The molecular formula is C13H13BrN2O4S. The molecule has 1 aromatic heterocycles. The predicted molar refractivity (Wildman–Crippen MR) is 80.6 cm³/mol. The summed E-state index contributed by atoms with van der Waals surface area (Å²) in [4.78, 5) is 12.0. The Bertz CT molecular complexity index is 756. The monoisotopic (exact) mass is 372 g/mol. The van der Waals surface area contributed by atoms with Crippen LogP contribution in [0, 0.1) is 0 Å². The first-order valence-electron chi connectivity index (χ1n) is 5.94. The number of rotatable bonds is 4. The zero-order valence-corrected chi connectivity index (χ0v) is 13.5. The summed E-state index contributed by atoms with van der Waals surface area (Å²) in [5.74, 6) is 0. The molecule has 0 aliphatic carbocycles. The Kier molecular flexibility index (Phi) is 4.38. The molecule has 0 unspecified atom stereocenters. The van der Waals surface area contributed by atoms with Gasteiger partial charge in [0.05, 0.1) is 11.4 Å². The number of carboxylic acid groups (broad SMARTS) is 1. The van der Waals surface area contributed by atoms with Crippen molar-refractivity contribution in [2.75, 3.05) is 7.05 Å². The third-order valence-corrected chi connectivity index (χ3v) is 5.38. The molecule has 2 rings (SSSR count). The second-order valence-electron chi connectivity index (χ2n) is 4.42. The van der Waals surface area contributed by atoms with Crippen molar-refractivity contribution < 1.29 is 18.3 Å². The number of hydrogen-bond acceptors (Lipinski definition) is 3. The molecule has 1 amide bonds. The fourth-order valence-electron chi connectivity index (χ4n) is 1.78. The molecule has 0 saturated heterocycles. The van der Waals surface area contributed by atoms with Gasteiger partial charge < -0.3 is 10.0 Å². The normalized spacial score (nSPS) is 11.3. The van der Waals surface area contributed by atoms with E-state index in [1.807, 2.05) is 0 Å². The molecule has 8 heteroatoms. The van der Waals surface area contributed by atoms with Gasteiger partial charge in [0, 0.05) is 13.2 Å². The van der Waals surface area contributed by atoms with E-state index in [-0.39, 0.29) is 11.4 Å². The van der Waals surface area contributed by atoms with Gasteiger partial charge in [-0.2, -0.15) is 0 Å². The number of hydrogen-bond donors (Lipinski definition) is 1. The Labute approximate surface area is 130 Å². The average molecular weight is 373 g/mol. The molecule has 0 atom stereocenters. The second-order valence-corrected chi connectivity index (χ2v) is 7.05. The van der Waals surface area contributed by atoms with Crippen molar-refractivity contribution in [2.45, 2.75) is 11.4 Å². The maximum absolute atomic E-state index is 12.5. The van der Waals surface area contributed by atoms with E-state index in [9.17, 15) is 13.2 Å². The average Bonchev–Trinajstić information content (AvgIpc) is 2.81. The summed E-state index contributed by atoms with van der Waals surface area (Å²) in [6.07, 6.45) is 0.330. The highest BCUT2D eigenvalue weighted by Gasteiger charge is 2.20. The Morgan fingerprint density at radius 2 is 1.95 bits per heavy atom. The van der Waals surface area contributed by atoms with Crippen LogP contribution in [0.25, 0.3) is 0 Å². The maximum Gasteiger partial charge on any atom is 0.407 e. The van der Waals surface area contributed by atoms with Gasteiger partial charge in [-0.25, -0.2) is 17.2 Å². The minimum Gasteiger partial charge on any atom is -0.465 e. The molecular weight excluding hydrogens is 360 g/mol. The zero-order chi connectivity index (χ0) is 15.6. The first-order chi connectivity index (χ1) is 9.82. The lowest BCUT2D eigenvalue weighted by Crippen LogP contribution is -2.23. The van der Waals surface area contributed by atoms with Crippen molar-refractivity contribution in [1.82, 2.24) is 8.87 Å². The summed E-state index contributed by atoms with van der Waals surface area (Å²) in [5, 5.41) is 8.85. The maximum atomic E-state index is 12.5. The summed E-state index contributed by atoms with van der Waals surface area (Å²) in [6.45, 7) is 0.102. The van der Waals surface area contributed by atoms with Gasteiger partial charge in [0.25, 0.3) is 10.0 Å². The van der Waals surface area contributed by atoms with E-state index >= 15 is 0 Å². The van der Waals surface area contributed by atoms with E-state index in [0.29, 0.717) is 10.2 Å². The first kappa shape index (κ1) is 15.6. The van der Waals surface area contributed by atoms with E-state index in [1.165, 1.54) is 25.4 Å². The van der Waals surface area contributed by atoms with Crippen LogP contribution in [-0.2, 0) is 16.6 Å². The SMILES string of the molecule is CN(Cc1cc(Br)n(S(=O)(=O)c2ccccc2)c1)C(=O)O. The highest BCUT2D eigenvalue weighted by Crippen LogP contribution is 2.23. The highest BCUT2D eigenvalue weighted by molar-refractivity contribution is 9.10.